The Bertz CT molecular complexity index is 994. The van der Waals surface area contributed by atoms with Gasteiger partial charge < -0.3 is 25.4 Å². The van der Waals surface area contributed by atoms with Crippen LogP contribution in [0.3, 0.4) is 0 Å². The van der Waals surface area contributed by atoms with E-state index in [1.54, 1.807) is 12.1 Å². The van der Waals surface area contributed by atoms with Gasteiger partial charge in [-0.2, -0.15) is 10.1 Å². The van der Waals surface area contributed by atoms with Gasteiger partial charge in [0, 0.05) is 30.1 Å². The number of fused-ring (bicyclic) bond motifs is 1. The van der Waals surface area contributed by atoms with Crippen LogP contribution in [-0.2, 0) is 4.79 Å². The van der Waals surface area contributed by atoms with Gasteiger partial charge in [-0.3, -0.25) is 4.79 Å². The van der Waals surface area contributed by atoms with Crippen molar-refractivity contribution in [1.82, 2.24) is 15.2 Å². The van der Waals surface area contributed by atoms with Gasteiger partial charge in [-0.15, -0.1) is 5.10 Å². The zero-order valence-corrected chi connectivity index (χ0v) is 14.4. The summed E-state index contributed by atoms with van der Waals surface area (Å²) in [6.45, 7) is 1.68. The lowest BCUT2D eigenvalue weighted by Crippen LogP contribution is -2.06. The molecule has 0 saturated heterocycles. The van der Waals surface area contributed by atoms with Crippen LogP contribution in [0.5, 0.6) is 11.5 Å². The lowest BCUT2D eigenvalue weighted by Gasteiger charge is -2.09. The standard InChI is InChI=1S/C18H16N6O3/c1-11(25)20-12-3-2-4-13(7-12)21-17-9-19-24-18(23-17)22-14-5-6-15-16(8-14)27-10-26-15/h2-9H,10H2,1H3,(H,20,25)(H2,21,22,23,24). The average Bonchev–Trinajstić information content (AvgIpc) is 3.09. The van der Waals surface area contributed by atoms with Crippen LogP contribution in [0, 0.1) is 0 Å². The van der Waals surface area contributed by atoms with Gasteiger partial charge >= 0.3 is 0 Å². The number of benzene rings is 2. The maximum absolute atomic E-state index is 11.2. The number of anilines is 5. The molecule has 0 atom stereocenters. The Balaban J connectivity index is 1.48. The lowest BCUT2D eigenvalue weighted by atomic mass is 10.2. The summed E-state index contributed by atoms with van der Waals surface area (Å²) < 4.78 is 10.7. The minimum absolute atomic E-state index is 0.133. The monoisotopic (exact) mass is 364 g/mol. The van der Waals surface area contributed by atoms with Crippen molar-refractivity contribution in [3.05, 3.63) is 48.7 Å². The summed E-state index contributed by atoms with van der Waals surface area (Å²) in [5.41, 5.74) is 2.20. The molecule has 0 bridgehead atoms. The van der Waals surface area contributed by atoms with Crippen molar-refractivity contribution in [3.63, 3.8) is 0 Å². The fourth-order valence-corrected chi connectivity index (χ4v) is 2.55. The van der Waals surface area contributed by atoms with Crippen LogP contribution in [0.4, 0.5) is 28.8 Å². The fraction of sp³-hybridized carbons (Fsp3) is 0.111. The molecule has 27 heavy (non-hydrogen) atoms. The van der Waals surface area contributed by atoms with Gasteiger partial charge in [0.05, 0.1) is 6.20 Å². The highest BCUT2D eigenvalue weighted by molar-refractivity contribution is 5.89. The number of ether oxygens (including phenoxy) is 2. The summed E-state index contributed by atoms with van der Waals surface area (Å²) in [5.74, 6) is 2.07. The van der Waals surface area contributed by atoms with Crippen molar-refractivity contribution >= 4 is 34.7 Å². The zero-order chi connectivity index (χ0) is 18.6. The number of hydrogen-bond acceptors (Lipinski definition) is 8. The highest BCUT2D eigenvalue weighted by atomic mass is 16.7. The summed E-state index contributed by atoms with van der Waals surface area (Å²) in [6.07, 6.45) is 1.51. The highest BCUT2D eigenvalue weighted by Gasteiger charge is 2.13. The van der Waals surface area contributed by atoms with Gasteiger partial charge in [-0.05, 0) is 30.3 Å². The molecule has 9 nitrogen and oxygen atoms in total. The maximum Gasteiger partial charge on any atom is 0.249 e. The lowest BCUT2D eigenvalue weighted by molar-refractivity contribution is -0.114. The van der Waals surface area contributed by atoms with Gasteiger partial charge in [0.15, 0.2) is 17.3 Å². The van der Waals surface area contributed by atoms with Crippen LogP contribution in [0.1, 0.15) is 6.92 Å². The third kappa shape index (κ3) is 4.03. The van der Waals surface area contributed by atoms with Crippen LogP contribution in [0.2, 0.25) is 0 Å². The minimum atomic E-state index is -0.133. The second-order valence-electron chi connectivity index (χ2n) is 5.75. The number of amides is 1. The Morgan fingerprint density at radius 2 is 1.81 bits per heavy atom. The molecule has 1 amide bonds. The molecule has 2 aromatic carbocycles. The molecule has 0 saturated carbocycles. The predicted molar refractivity (Wildman–Crippen MR) is 99.7 cm³/mol. The minimum Gasteiger partial charge on any atom is -0.454 e. The number of nitrogens with one attached hydrogen (secondary N) is 3. The van der Waals surface area contributed by atoms with Gasteiger partial charge in [0.1, 0.15) is 0 Å². The van der Waals surface area contributed by atoms with E-state index in [4.69, 9.17) is 9.47 Å². The summed E-state index contributed by atoms with van der Waals surface area (Å²) in [5, 5.41) is 16.9. The van der Waals surface area contributed by atoms with E-state index in [0.29, 0.717) is 29.0 Å². The molecular weight excluding hydrogens is 348 g/mol. The number of carbonyl (C=O) groups excluding carboxylic acids is 1. The first-order valence-corrected chi connectivity index (χ1v) is 8.17. The Kier molecular flexibility index (Phi) is 4.40. The first-order chi connectivity index (χ1) is 13.2. The first kappa shape index (κ1) is 16.6. The van der Waals surface area contributed by atoms with Crippen LogP contribution >= 0.6 is 0 Å². The molecule has 9 heteroatoms. The van der Waals surface area contributed by atoms with E-state index in [1.807, 2.05) is 30.3 Å². The number of nitrogens with zero attached hydrogens (tertiary/aromatic N) is 3. The molecule has 1 aliphatic heterocycles. The molecule has 1 aromatic heterocycles. The van der Waals surface area contributed by atoms with Crippen molar-refractivity contribution in [2.24, 2.45) is 0 Å². The smallest absolute Gasteiger partial charge is 0.249 e. The van der Waals surface area contributed by atoms with Gasteiger partial charge in [0.25, 0.3) is 0 Å². The quantitative estimate of drug-likeness (QED) is 0.634. The van der Waals surface area contributed by atoms with Crippen molar-refractivity contribution in [3.8, 4) is 11.5 Å². The number of carbonyl (C=O) groups is 1. The van der Waals surface area contributed by atoms with Crippen LogP contribution in [0.25, 0.3) is 0 Å². The maximum atomic E-state index is 11.2. The van der Waals surface area contributed by atoms with E-state index in [-0.39, 0.29) is 12.7 Å². The molecule has 3 N–H and O–H groups in total. The van der Waals surface area contributed by atoms with Crippen molar-refractivity contribution in [2.75, 3.05) is 22.7 Å². The predicted octanol–water partition coefficient (Wildman–Crippen LogP) is 3.05. The Morgan fingerprint density at radius 3 is 2.70 bits per heavy atom. The molecule has 0 aliphatic carbocycles. The molecule has 136 valence electrons. The van der Waals surface area contributed by atoms with E-state index < -0.39 is 0 Å². The third-order valence-corrected chi connectivity index (χ3v) is 3.64. The first-order valence-electron chi connectivity index (χ1n) is 8.17. The molecule has 0 unspecified atom stereocenters. The third-order valence-electron chi connectivity index (χ3n) is 3.64. The van der Waals surface area contributed by atoms with Crippen LogP contribution in [0.15, 0.2) is 48.7 Å². The van der Waals surface area contributed by atoms with E-state index in [9.17, 15) is 4.79 Å². The highest BCUT2D eigenvalue weighted by Crippen LogP contribution is 2.34. The summed E-state index contributed by atoms with van der Waals surface area (Å²) in [7, 11) is 0. The molecule has 1 aliphatic rings. The summed E-state index contributed by atoms with van der Waals surface area (Å²) in [6, 6.07) is 12.8. The van der Waals surface area contributed by atoms with E-state index >= 15 is 0 Å². The number of rotatable bonds is 5. The topological polar surface area (TPSA) is 110 Å². The van der Waals surface area contributed by atoms with E-state index in [2.05, 4.69) is 31.1 Å². The molecule has 2 heterocycles. The van der Waals surface area contributed by atoms with E-state index in [1.165, 1.54) is 13.1 Å². The fourth-order valence-electron chi connectivity index (χ4n) is 2.55. The summed E-state index contributed by atoms with van der Waals surface area (Å²) in [4.78, 5) is 15.6. The zero-order valence-electron chi connectivity index (χ0n) is 14.4. The average molecular weight is 364 g/mol. The summed E-state index contributed by atoms with van der Waals surface area (Å²) >= 11 is 0. The largest absolute Gasteiger partial charge is 0.454 e. The van der Waals surface area contributed by atoms with Gasteiger partial charge in [-0.25, -0.2) is 0 Å². The van der Waals surface area contributed by atoms with Crippen LogP contribution < -0.4 is 25.4 Å². The number of hydrogen-bond donors (Lipinski definition) is 3. The molecule has 3 aromatic rings. The second kappa shape index (κ2) is 7.16. The van der Waals surface area contributed by atoms with Gasteiger partial charge in [-0.1, -0.05) is 6.07 Å². The number of aromatic nitrogens is 3. The Hall–Kier alpha value is -3.88. The SMILES string of the molecule is CC(=O)Nc1cccc(Nc2cnnc(Nc3ccc4c(c3)OCO4)n2)c1. The normalized spacial score (nSPS) is 11.7. The van der Waals surface area contributed by atoms with Crippen LogP contribution in [-0.4, -0.2) is 27.9 Å². The molecule has 0 fully saturated rings. The molecule has 0 radical (unpaired) electrons. The molecule has 4 rings (SSSR count). The Labute approximate surface area is 154 Å². The van der Waals surface area contributed by atoms with E-state index in [0.717, 1.165) is 11.4 Å². The Morgan fingerprint density at radius 1 is 1.00 bits per heavy atom. The van der Waals surface area contributed by atoms with Crippen molar-refractivity contribution in [2.45, 2.75) is 6.92 Å². The molecule has 0 spiro atoms. The van der Waals surface area contributed by atoms with Crippen molar-refractivity contribution < 1.29 is 14.3 Å². The molecular formula is C18H16N6O3. The van der Waals surface area contributed by atoms with Gasteiger partial charge in [0.2, 0.25) is 18.6 Å². The second-order valence-corrected chi connectivity index (χ2v) is 5.75. The van der Waals surface area contributed by atoms with Crippen molar-refractivity contribution in [1.29, 1.82) is 0 Å².